The summed E-state index contributed by atoms with van der Waals surface area (Å²) in [5.41, 5.74) is -0.0307. The van der Waals surface area contributed by atoms with E-state index in [4.69, 9.17) is 17.3 Å². The molecule has 42 heavy (non-hydrogen) atoms. The average Bonchev–Trinajstić information content (AvgIpc) is 2.83. The van der Waals surface area contributed by atoms with Gasteiger partial charge in [0, 0.05) is 17.7 Å². The van der Waals surface area contributed by atoms with Crippen molar-refractivity contribution in [2.45, 2.75) is 107 Å². The first-order valence-corrected chi connectivity index (χ1v) is 14.8. The molecule has 0 spiro atoms. The van der Waals surface area contributed by atoms with Crippen molar-refractivity contribution in [1.29, 1.82) is 0 Å². The van der Waals surface area contributed by atoms with Gasteiger partial charge in [0.15, 0.2) is 0 Å². The standard InChI is InChI=1S/C32H52BN3O6/c1-21(2)15-16-42-32(9,10)20-30(5,6)19-31(7,8)28(39)36-26(22(3)4)27(38)34-17-25(37)35-24-13-11-23(12-14-24)18-41-29(33)40/h11-14,21-22,26H,15-20H2,1-10H3,(H,34,38)(H,35,37)(H,36,39). The summed E-state index contributed by atoms with van der Waals surface area (Å²) in [6.45, 7) is 20.8. The van der Waals surface area contributed by atoms with Crippen LogP contribution in [0.25, 0.3) is 0 Å². The van der Waals surface area contributed by atoms with E-state index < -0.39 is 29.1 Å². The van der Waals surface area contributed by atoms with E-state index in [0.717, 1.165) is 12.8 Å². The average molecular weight is 586 g/mol. The zero-order valence-corrected chi connectivity index (χ0v) is 27.3. The molecular formula is C32H52BN3O6. The Morgan fingerprint density at radius 3 is 2.02 bits per heavy atom. The van der Waals surface area contributed by atoms with Crippen molar-refractivity contribution >= 4 is 37.1 Å². The van der Waals surface area contributed by atoms with Gasteiger partial charge in [0.05, 0.1) is 12.1 Å². The molecule has 0 heterocycles. The molecule has 234 valence electrons. The van der Waals surface area contributed by atoms with Crippen LogP contribution in [0.1, 0.15) is 94.1 Å². The number of nitrogens with one attached hydrogen (secondary N) is 3. The second kappa shape index (κ2) is 16.1. The zero-order valence-electron chi connectivity index (χ0n) is 27.3. The molecule has 1 atom stereocenters. The summed E-state index contributed by atoms with van der Waals surface area (Å²) in [6.07, 6.45) is 2.38. The monoisotopic (exact) mass is 585 g/mol. The Morgan fingerprint density at radius 2 is 1.50 bits per heavy atom. The largest absolute Gasteiger partial charge is 0.470 e. The molecule has 0 saturated heterocycles. The molecule has 0 fully saturated rings. The molecule has 10 heteroatoms. The Balaban J connectivity index is 2.70. The van der Waals surface area contributed by atoms with Crippen LogP contribution in [0.15, 0.2) is 24.3 Å². The number of rotatable bonds is 17. The molecule has 2 radical (unpaired) electrons. The van der Waals surface area contributed by atoms with Crippen molar-refractivity contribution in [3.8, 4) is 0 Å². The van der Waals surface area contributed by atoms with Crippen molar-refractivity contribution < 1.29 is 28.7 Å². The third kappa shape index (κ3) is 14.3. The third-order valence-corrected chi connectivity index (χ3v) is 6.91. The van der Waals surface area contributed by atoms with Crippen LogP contribution in [-0.2, 0) is 30.5 Å². The zero-order chi connectivity index (χ0) is 32.3. The predicted molar refractivity (Wildman–Crippen MR) is 167 cm³/mol. The van der Waals surface area contributed by atoms with Crippen LogP contribution in [0, 0.1) is 22.7 Å². The minimum Gasteiger partial charge on any atom is -0.470 e. The van der Waals surface area contributed by atoms with Crippen LogP contribution in [0.2, 0.25) is 0 Å². The first-order chi connectivity index (χ1) is 19.2. The second-order valence-corrected chi connectivity index (χ2v) is 14.0. The molecular weight excluding hydrogens is 533 g/mol. The SMILES string of the molecule is [B]C(=O)OCc1ccc(NC(=O)CNC(=O)C(NC(=O)C(C)(C)CC(C)(C)CC(C)(C)OCCC(C)C)C(C)C)cc1. The topological polar surface area (TPSA) is 123 Å². The van der Waals surface area contributed by atoms with Crippen molar-refractivity contribution in [3.05, 3.63) is 29.8 Å². The summed E-state index contributed by atoms with van der Waals surface area (Å²) in [5, 5.41) is 8.27. The van der Waals surface area contributed by atoms with E-state index in [-0.39, 0.29) is 36.0 Å². The fraction of sp³-hybridized carbons (Fsp3) is 0.688. The lowest BCUT2D eigenvalue weighted by Gasteiger charge is -2.40. The minimum absolute atomic E-state index is 0.0288. The van der Waals surface area contributed by atoms with E-state index in [9.17, 15) is 19.2 Å². The Labute approximate surface area is 254 Å². The molecule has 0 aliphatic heterocycles. The first kappa shape index (κ1) is 37.2. The first-order valence-electron chi connectivity index (χ1n) is 14.8. The van der Waals surface area contributed by atoms with Crippen LogP contribution in [0.5, 0.6) is 0 Å². The normalized spacial score (nSPS) is 13.0. The smallest absolute Gasteiger partial charge is 0.243 e. The van der Waals surface area contributed by atoms with Gasteiger partial charge in [-0.2, -0.15) is 0 Å². The molecule has 0 saturated carbocycles. The third-order valence-electron chi connectivity index (χ3n) is 6.91. The summed E-state index contributed by atoms with van der Waals surface area (Å²) in [4.78, 5) is 49.6. The minimum atomic E-state index is -0.867. The van der Waals surface area contributed by atoms with Gasteiger partial charge in [0.25, 0.3) is 0 Å². The number of benzene rings is 1. The maximum Gasteiger partial charge on any atom is 0.243 e. The van der Waals surface area contributed by atoms with E-state index in [1.54, 1.807) is 24.3 Å². The Hall–Kier alpha value is -2.88. The Morgan fingerprint density at radius 1 is 0.905 bits per heavy atom. The number of hydrogen-bond acceptors (Lipinski definition) is 6. The molecule has 1 aromatic rings. The number of amides is 3. The Kier molecular flexibility index (Phi) is 14.2. The van der Waals surface area contributed by atoms with Gasteiger partial charge >= 0.3 is 0 Å². The predicted octanol–water partition coefficient (Wildman–Crippen LogP) is 5.36. The highest BCUT2D eigenvalue weighted by atomic mass is 16.5. The molecule has 0 bridgehead atoms. The lowest BCUT2D eigenvalue weighted by Crippen LogP contribution is -2.54. The molecule has 3 N–H and O–H groups in total. The molecule has 1 rings (SSSR count). The second-order valence-electron chi connectivity index (χ2n) is 14.0. The van der Waals surface area contributed by atoms with Gasteiger partial charge < -0.3 is 25.4 Å². The van der Waals surface area contributed by atoms with Crippen LogP contribution in [-0.4, -0.2) is 56.2 Å². The van der Waals surface area contributed by atoms with Gasteiger partial charge in [-0.05, 0) is 68.1 Å². The molecule has 9 nitrogen and oxygen atoms in total. The van der Waals surface area contributed by atoms with Gasteiger partial charge in [-0.1, -0.05) is 67.5 Å². The van der Waals surface area contributed by atoms with Crippen LogP contribution >= 0.6 is 0 Å². The van der Waals surface area contributed by atoms with Gasteiger partial charge in [-0.15, -0.1) is 0 Å². The van der Waals surface area contributed by atoms with E-state index in [1.807, 2.05) is 27.7 Å². The highest BCUT2D eigenvalue weighted by Crippen LogP contribution is 2.40. The summed E-state index contributed by atoms with van der Waals surface area (Å²) in [7, 11) is 4.97. The lowest BCUT2D eigenvalue weighted by molar-refractivity contribution is -0.137. The molecule has 0 aliphatic rings. The lowest BCUT2D eigenvalue weighted by atomic mass is 9.70. The van der Waals surface area contributed by atoms with E-state index in [0.29, 0.717) is 30.2 Å². The van der Waals surface area contributed by atoms with Crippen molar-refractivity contribution in [3.63, 3.8) is 0 Å². The molecule has 1 unspecified atom stereocenters. The maximum atomic E-state index is 13.4. The van der Waals surface area contributed by atoms with Gasteiger partial charge in [0.2, 0.25) is 31.4 Å². The van der Waals surface area contributed by atoms with Crippen LogP contribution in [0.3, 0.4) is 0 Å². The number of carbonyl (C=O) groups is 4. The van der Waals surface area contributed by atoms with Gasteiger partial charge in [-0.3, -0.25) is 19.2 Å². The van der Waals surface area contributed by atoms with Crippen LogP contribution in [0.4, 0.5) is 10.5 Å². The quantitative estimate of drug-likeness (QED) is 0.212. The fourth-order valence-electron chi connectivity index (χ4n) is 5.31. The fourth-order valence-corrected chi connectivity index (χ4v) is 5.31. The molecule has 0 aromatic heterocycles. The molecule has 1 aromatic carbocycles. The van der Waals surface area contributed by atoms with Crippen molar-refractivity contribution in [2.24, 2.45) is 22.7 Å². The highest BCUT2D eigenvalue weighted by molar-refractivity contribution is 6.55. The molecule has 3 amide bonds. The molecule has 0 aliphatic carbocycles. The van der Waals surface area contributed by atoms with Crippen LogP contribution < -0.4 is 16.0 Å². The summed E-state index contributed by atoms with van der Waals surface area (Å²) >= 11 is 0. The van der Waals surface area contributed by atoms with Crippen molar-refractivity contribution in [2.75, 3.05) is 18.5 Å². The van der Waals surface area contributed by atoms with Gasteiger partial charge in [-0.25, -0.2) is 0 Å². The van der Waals surface area contributed by atoms with Gasteiger partial charge in [0.1, 0.15) is 12.6 Å². The Bertz CT molecular complexity index is 1050. The van der Waals surface area contributed by atoms with E-state index in [2.05, 4.69) is 57.5 Å². The summed E-state index contributed by atoms with van der Waals surface area (Å²) in [5.74, 6) is -1.54. The number of ether oxygens (including phenoxy) is 2. The number of anilines is 1. The van der Waals surface area contributed by atoms with Crippen molar-refractivity contribution in [1.82, 2.24) is 10.6 Å². The van der Waals surface area contributed by atoms with E-state index >= 15 is 0 Å². The highest BCUT2D eigenvalue weighted by Gasteiger charge is 2.39. The summed E-state index contributed by atoms with van der Waals surface area (Å²) in [6, 6.07) is 5.88. The summed E-state index contributed by atoms with van der Waals surface area (Å²) < 4.78 is 10.9. The maximum absolute atomic E-state index is 13.4. The van der Waals surface area contributed by atoms with E-state index in [1.165, 1.54) is 0 Å². The number of hydrogen-bond donors (Lipinski definition) is 3. The number of carbonyl (C=O) groups excluding carboxylic acids is 4.